The third-order valence-corrected chi connectivity index (χ3v) is 4.97. The largest absolute Gasteiger partial charge is 0.396 e. The van der Waals surface area contributed by atoms with Gasteiger partial charge in [-0.15, -0.1) is 0 Å². The van der Waals surface area contributed by atoms with Gasteiger partial charge in [0.25, 0.3) is 0 Å². The molecule has 1 heterocycles. The molecule has 0 fully saturated rings. The van der Waals surface area contributed by atoms with E-state index < -0.39 is 11.8 Å². The molecule has 1 aromatic heterocycles. The summed E-state index contributed by atoms with van der Waals surface area (Å²) in [5.74, 6) is -1.45. The van der Waals surface area contributed by atoms with E-state index in [1.807, 2.05) is 36.4 Å². The van der Waals surface area contributed by atoms with Crippen molar-refractivity contribution in [1.82, 2.24) is 4.98 Å². The van der Waals surface area contributed by atoms with Crippen LogP contribution in [0, 0.1) is 0 Å². The Morgan fingerprint density at radius 3 is 2.33 bits per heavy atom. The first kappa shape index (κ1) is 19.4. The van der Waals surface area contributed by atoms with Crippen molar-refractivity contribution in [1.29, 1.82) is 0 Å². The standard InChI is InChI=1S/C21H18Cl2N2O2/c22-15-7-3-8-16(23)19(15)20(21(24)27)18-10-4-9-17(25-18)14-6-2-1-5-13(14)11-12-26/h1-10,20,26H,11-12H2,(H2,24,27). The first-order valence-electron chi connectivity index (χ1n) is 8.42. The fourth-order valence-corrected chi connectivity index (χ4v) is 3.71. The number of halogens is 2. The summed E-state index contributed by atoms with van der Waals surface area (Å²) in [6.45, 7) is 0.0375. The number of aromatic nitrogens is 1. The number of benzene rings is 2. The lowest BCUT2D eigenvalue weighted by atomic mass is 9.93. The summed E-state index contributed by atoms with van der Waals surface area (Å²) in [5.41, 5.74) is 9.13. The van der Waals surface area contributed by atoms with Gasteiger partial charge in [-0.05, 0) is 36.2 Å². The molecule has 1 unspecified atom stereocenters. The molecule has 27 heavy (non-hydrogen) atoms. The zero-order chi connectivity index (χ0) is 19.4. The minimum absolute atomic E-state index is 0.0375. The fraction of sp³-hybridized carbons (Fsp3) is 0.143. The Kier molecular flexibility index (Phi) is 6.11. The number of hydrogen-bond acceptors (Lipinski definition) is 3. The molecule has 4 nitrogen and oxygen atoms in total. The van der Waals surface area contributed by atoms with Crippen LogP contribution >= 0.6 is 23.2 Å². The quantitative estimate of drug-likeness (QED) is 0.650. The number of aliphatic hydroxyl groups excluding tert-OH is 1. The van der Waals surface area contributed by atoms with E-state index >= 15 is 0 Å². The normalized spacial score (nSPS) is 12.0. The molecule has 0 aliphatic rings. The van der Waals surface area contributed by atoms with E-state index in [1.165, 1.54) is 0 Å². The number of nitrogens with zero attached hydrogens (tertiary/aromatic N) is 1. The van der Waals surface area contributed by atoms with Gasteiger partial charge < -0.3 is 10.8 Å². The van der Waals surface area contributed by atoms with Crippen LogP contribution in [0.1, 0.15) is 22.7 Å². The van der Waals surface area contributed by atoms with Gasteiger partial charge in [-0.1, -0.05) is 59.6 Å². The lowest BCUT2D eigenvalue weighted by Gasteiger charge is -2.18. The number of hydrogen-bond donors (Lipinski definition) is 2. The molecule has 0 radical (unpaired) electrons. The van der Waals surface area contributed by atoms with Crippen LogP contribution in [0.15, 0.2) is 60.7 Å². The molecule has 0 aliphatic carbocycles. The predicted molar refractivity (Wildman–Crippen MR) is 108 cm³/mol. The van der Waals surface area contributed by atoms with Crippen molar-refractivity contribution in [3.8, 4) is 11.3 Å². The zero-order valence-corrected chi connectivity index (χ0v) is 15.9. The van der Waals surface area contributed by atoms with E-state index in [9.17, 15) is 9.90 Å². The average molecular weight is 401 g/mol. The maximum Gasteiger partial charge on any atom is 0.231 e. The second-order valence-corrected chi connectivity index (χ2v) is 6.86. The number of pyridine rings is 1. The summed E-state index contributed by atoms with van der Waals surface area (Å²) in [4.78, 5) is 16.9. The molecule has 1 amide bonds. The highest BCUT2D eigenvalue weighted by atomic mass is 35.5. The number of amides is 1. The van der Waals surface area contributed by atoms with E-state index in [-0.39, 0.29) is 6.61 Å². The molecule has 3 N–H and O–H groups in total. The van der Waals surface area contributed by atoms with Crippen molar-refractivity contribution in [3.63, 3.8) is 0 Å². The van der Waals surface area contributed by atoms with Crippen molar-refractivity contribution in [3.05, 3.63) is 87.5 Å². The lowest BCUT2D eigenvalue weighted by Crippen LogP contribution is -2.24. The number of carbonyl (C=O) groups excluding carboxylic acids is 1. The topological polar surface area (TPSA) is 76.2 Å². The summed E-state index contributed by atoms with van der Waals surface area (Å²) < 4.78 is 0. The van der Waals surface area contributed by atoms with Crippen LogP contribution in [0.25, 0.3) is 11.3 Å². The van der Waals surface area contributed by atoms with Gasteiger partial charge in [0.05, 0.1) is 11.4 Å². The van der Waals surface area contributed by atoms with Crippen LogP contribution in [-0.2, 0) is 11.2 Å². The molecule has 0 bridgehead atoms. The third-order valence-electron chi connectivity index (χ3n) is 4.31. The van der Waals surface area contributed by atoms with Crippen LogP contribution in [0.4, 0.5) is 0 Å². The van der Waals surface area contributed by atoms with Gasteiger partial charge in [0.15, 0.2) is 0 Å². The molecule has 0 aliphatic heterocycles. The van der Waals surface area contributed by atoms with Crippen LogP contribution in [-0.4, -0.2) is 22.6 Å². The first-order valence-corrected chi connectivity index (χ1v) is 9.18. The number of aliphatic hydroxyl groups is 1. The molecule has 0 saturated heterocycles. The number of rotatable bonds is 6. The summed E-state index contributed by atoms with van der Waals surface area (Å²) in [6.07, 6.45) is 0.512. The maximum atomic E-state index is 12.3. The molecule has 1 atom stereocenters. The fourth-order valence-electron chi connectivity index (χ4n) is 3.09. The lowest BCUT2D eigenvalue weighted by molar-refractivity contribution is -0.118. The Balaban J connectivity index is 2.12. The molecule has 2 aromatic carbocycles. The van der Waals surface area contributed by atoms with Gasteiger partial charge in [-0.2, -0.15) is 0 Å². The zero-order valence-electron chi connectivity index (χ0n) is 14.4. The van der Waals surface area contributed by atoms with E-state index in [1.54, 1.807) is 24.3 Å². The SMILES string of the molecule is NC(=O)C(c1cccc(-c2ccccc2CCO)n1)c1c(Cl)cccc1Cl. The van der Waals surface area contributed by atoms with Gasteiger partial charge in [0.1, 0.15) is 5.92 Å². The van der Waals surface area contributed by atoms with Crippen LogP contribution in [0.5, 0.6) is 0 Å². The summed E-state index contributed by atoms with van der Waals surface area (Å²) >= 11 is 12.6. The van der Waals surface area contributed by atoms with Crippen molar-refractivity contribution < 1.29 is 9.90 Å². The second-order valence-electron chi connectivity index (χ2n) is 6.05. The molecule has 138 valence electrons. The van der Waals surface area contributed by atoms with Crippen molar-refractivity contribution >= 4 is 29.1 Å². The average Bonchev–Trinajstić information content (AvgIpc) is 2.65. The Bertz CT molecular complexity index is 956. The minimum atomic E-state index is -0.865. The highest BCUT2D eigenvalue weighted by Crippen LogP contribution is 2.35. The van der Waals surface area contributed by atoms with Crippen LogP contribution < -0.4 is 5.73 Å². The van der Waals surface area contributed by atoms with Crippen LogP contribution in [0.2, 0.25) is 10.0 Å². The monoisotopic (exact) mass is 400 g/mol. The summed E-state index contributed by atoms with van der Waals surface area (Å²) in [5, 5.41) is 10.0. The Morgan fingerprint density at radius 2 is 1.67 bits per heavy atom. The highest BCUT2D eigenvalue weighted by Gasteiger charge is 2.27. The van der Waals surface area contributed by atoms with E-state index in [4.69, 9.17) is 28.9 Å². The third kappa shape index (κ3) is 4.14. The molecule has 3 aromatic rings. The van der Waals surface area contributed by atoms with Gasteiger partial charge >= 0.3 is 0 Å². The number of primary amides is 1. The highest BCUT2D eigenvalue weighted by molar-refractivity contribution is 6.36. The molecule has 0 spiro atoms. The van der Waals surface area contributed by atoms with Crippen molar-refractivity contribution in [2.24, 2.45) is 5.73 Å². The maximum absolute atomic E-state index is 12.3. The predicted octanol–water partition coefficient (Wildman–Crippen LogP) is 4.21. The summed E-state index contributed by atoms with van der Waals surface area (Å²) in [6, 6.07) is 18.1. The second kappa shape index (κ2) is 8.53. The molecular weight excluding hydrogens is 383 g/mol. The molecule has 0 saturated carbocycles. The Morgan fingerprint density at radius 1 is 1.00 bits per heavy atom. The van der Waals surface area contributed by atoms with Crippen molar-refractivity contribution in [2.75, 3.05) is 6.61 Å². The van der Waals surface area contributed by atoms with Crippen LogP contribution in [0.3, 0.4) is 0 Å². The van der Waals surface area contributed by atoms with E-state index in [0.717, 1.165) is 11.1 Å². The summed E-state index contributed by atoms with van der Waals surface area (Å²) in [7, 11) is 0. The van der Waals surface area contributed by atoms with Gasteiger partial charge in [0.2, 0.25) is 5.91 Å². The van der Waals surface area contributed by atoms with Crippen molar-refractivity contribution in [2.45, 2.75) is 12.3 Å². The van der Waals surface area contributed by atoms with E-state index in [0.29, 0.717) is 33.4 Å². The number of nitrogens with two attached hydrogens (primary N) is 1. The van der Waals surface area contributed by atoms with E-state index in [2.05, 4.69) is 4.98 Å². The van der Waals surface area contributed by atoms with Gasteiger partial charge in [0, 0.05) is 27.8 Å². The molecule has 3 rings (SSSR count). The molecular formula is C21H18Cl2N2O2. The Hall–Kier alpha value is -2.40. The Labute approximate surface area is 167 Å². The minimum Gasteiger partial charge on any atom is -0.396 e. The smallest absolute Gasteiger partial charge is 0.231 e. The van der Waals surface area contributed by atoms with Gasteiger partial charge in [-0.3, -0.25) is 9.78 Å². The first-order chi connectivity index (χ1) is 13.0. The van der Waals surface area contributed by atoms with Gasteiger partial charge in [-0.25, -0.2) is 0 Å². The number of carbonyl (C=O) groups is 1. The molecule has 6 heteroatoms.